The van der Waals surface area contributed by atoms with Crippen LogP contribution in [0.15, 0.2) is 59.6 Å². The van der Waals surface area contributed by atoms with Crippen LogP contribution in [0.3, 0.4) is 0 Å². The Morgan fingerprint density at radius 1 is 1.08 bits per heavy atom. The molecule has 0 radical (unpaired) electrons. The summed E-state index contributed by atoms with van der Waals surface area (Å²) in [6.45, 7) is 0. The number of halogens is 1. The predicted octanol–water partition coefficient (Wildman–Crippen LogP) is 3.41. The average molecular weight is 361 g/mol. The number of para-hydroxylation sites is 1. The smallest absolute Gasteiger partial charge is 0.175 e. The van der Waals surface area contributed by atoms with Crippen molar-refractivity contribution in [1.29, 1.82) is 0 Å². The highest BCUT2D eigenvalue weighted by Crippen LogP contribution is 2.26. The summed E-state index contributed by atoms with van der Waals surface area (Å²) < 4.78 is 24.6. The zero-order chi connectivity index (χ0) is 17.3. The quantitative estimate of drug-likeness (QED) is 0.668. The van der Waals surface area contributed by atoms with E-state index in [-0.39, 0.29) is 4.90 Å². The molecular formula is C17H13ClN2O3S. The van der Waals surface area contributed by atoms with Gasteiger partial charge < -0.3 is 0 Å². The number of aromatic nitrogens is 2. The molecule has 0 aliphatic heterocycles. The number of sulfone groups is 1. The first-order valence-electron chi connectivity index (χ1n) is 7.00. The van der Waals surface area contributed by atoms with Gasteiger partial charge in [0.05, 0.1) is 21.2 Å². The summed E-state index contributed by atoms with van der Waals surface area (Å²) in [7, 11) is -3.27. The molecule has 3 aromatic rings. The van der Waals surface area contributed by atoms with Gasteiger partial charge >= 0.3 is 0 Å². The number of benzene rings is 2. The lowest BCUT2D eigenvalue weighted by atomic mass is 10.1. The number of hydrogen-bond donors (Lipinski definition) is 0. The molecule has 122 valence electrons. The van der Waals surface area contributed by atoms with Gasteiger partial charge in [-0.3, -0.25) is 4.79 Å². The molecule has 0 spiro atoms. The van der Waals surface area contributed by atoms with Gasteiger partial charge in [0, 0.05) is 18.0 Å². The van der Waals surface area contributed by atoms with Gasteiger partial charge in [-0.15, -0.1) is 0 Å². The van der Waals surface area contributed by atoms with Crippen LogP contribution < -0.4 is 0 Å². The van der Waals surface area contributed by atoms with Crippen molar-refractivity contribution in [2.24, 2.45) is 0 Å². The Balaban J connectivity index is 2.09. The van der Waals surface area contributed by atoms with Crippen LogP contribution in [0.2, 0.25) is 5.02 Å². The zero-order valence-electron chi connectivity index (χ0n) is 12.7. The molecule has 0 atom stereocenters. The minimum atomic E-state index is -3.27. The number of hydrogen-bond acceptors (Lipinski definition) is 4. The molecule has 2 aromatic carbocycles. The van der Waals surface area contributed by atoms with Crippen LogP contribution in [-0.2, 0) is 9.84 Å². The average Bonchev–Trinajstić information content (AvgIpc) is 2.98. The van der Waals surface area contributed by atoms with E-state index in [1.54, 1.807) is 36.5 Å². The van der Waals surface area contributed by atoms with Crippen molar-refractivity contribution in [3.63, 3.8) is 0 Å². The number of rotatable bonds is 4. The van der Waals surface area contributed by atoms with Gasteiger partial charge in [0.1, 0.15) is 5.69 Å². The molecule has 0 saturated heterocycles. The van der Waals surface area contributed by atoms with E-state index in [2.05, 4.69) is 5.10 Å². The molecule has 0 aliphatic carbocycles. The van der Waals surface area contributed by atoms with Crippen molar-refractivity contribution >= 4 is 27.7 Å². The third-order valence-electron chi connectivity index (χ3n) is 3.52. The fourth-order valence-electron chi connectivity index (χ4n) is 2.32. The summed E-state index contributed by atoms with van der Waals surface area (Å²) in [5.41, 5.74) is 2.16. The molecule has 0 bridgehead atoms. The van der Waals surface area contributed by atoms with E-state index in [1.165, 1.54) is 16.8 Å². The first-order chi connectivity index (χ1) is 11.4. The lowest BCUT2D eigenvalue weighted by Gasteiger charge is -2.03. The second kappa shape index (κ2) is 6.22. The van der Waals surface area contributed by atoms with Gasteiger partial charge in [0.25, 0.3) is 0 Å². The van der Waals surface area contributed by atoms with Crippen molar-refractivity contribution in [3.05, 3.63) is 65.3 Å². The molecule has 24 heavy (non-hydrogen) atoms. The van der Waals surface area contributed by atoms with Crippen molar-refractivity contribution in [2.75, 3.05) is 6.26 Å². The van der Waals surface area contributed by atoms with Crippen molar-refractivity contribution < 1.29 is 13.2 Å². The first-order valence-corrected chi connectivity index (χ1v) is 9.27. The van der Waals surface area contributed by atoms with Crippen LogP contribution in [0.25, 0.3) is 16.9 Å². The van der Waals surface area contributed by atoms with Crippen LogP contribution in [-0.4, -0.2) is 30.7 Å². The summed E-state index contributed by atoms with van der Waals surface area (Å²) >= 11 is 6.16. The summed E-state index contributed by atoms with van der Waals surface area (Å²) in [5.74, 6) is 0. The maximum absolute atomic E-state index is 11.5. The molecule has 0 N–H and O–H groups in total. The predicted molar refractivity (Wildman–Crippen MR) is 92.5 cm³/mol. The first kappa shape index (κ1) is 16.4. The van der Waals surface area contributed by atoms with Gasteiger partial charge in [0.2, 0.25) is 0 Å². The topological polar surface area (TPSA) is 69.0 Å². The van der Waals surface area contributed by atoms with Gasteiger partial charge in [-0.05, 0) is 24.3 Å². The zero-order valence-corrected chi connectivity index (χ0v) is 14.3. The van der Waals surface area contributed by atoms with Gasteiger partial charge in [-0.2, -0.15) is 5.10 Å². The Morgan fingerprint density at radius 2 is 1.75 bits per heavy atom. The molecule has 3 rings (SSSR count). The molecule has 1 aromatic heterocycles. The fourth-order valence-corrected chi connectivity index (χ4v) is 3.17. The van der Waals surface area contributed by atoms with Crippen LogP contribution >= 0.6 is 11.6 Å². The van der Waals surface area contributed by atoms with Crippen molar-refractivity contribution in [1.82, 2.24) is 9.78 Å². The second-order valence-electron chi connectivity index (χ2n) is 5.24. The number of nitrogens with zero attached hydrogens (tertiary/aromatic N) is 2. The summed E-state index contributed by atoms with van der Waals surface area (Å²) in [6.07, 6.45) is 3.44. The molecular weight excluding hydrogens is 348 g/mol. The highest BCUT2D eigenvalue weighted by atomic mass is 35.5. The second-order valence-corrected chi connectivity index (χ2v) is 7.67. The standard InChI is InChI=1S/C17H13ClN2O3S/c1-24(22,23)14-8-6-12(7-9-14)17-13(11-21)10-20(19-17)16-5-3-2-4-15(16)18/h2-11H,1H3. The lowest BCUT2D eigenvalue weighted by Crippen LogP contribution is -1.97. The third-order valence-corrected chi connectivity index (χ3v) is 4.97. The van der Waals surface area contributed by atoms with E-state index in [0.717, 1.165) is 6.26 Å². The van der Waals surface area contributed by atoms with Gasteiger partial charge in [-0.1, -0.05) is 35.9 Å². The molecule has 0 amide bonds. The largest absolute Gasteiger partial charge is 0.298 e. The van der Waals surface area contributed by atoms with Crippen molar-refractivity contribution in [2.45, 2.75) is 4.90 Å². The third kappa shape index (κ3) is 3.11. The Labute approximate surface area is 144 Å². The maximum Gasteiger partial charge on any atom is 0.175 e. The molecule has 0 saturated carbocycles. The lowest BCUT2D eigenvalue weighted by molar-refractivity contribution is 0.112. The van der Waals surface area contributed by atoms with Gasteiger partial charge in [-0.25, -0.2) is 13.1 Å². The number of carbonyl (C=O) groups is 1. The van der Waals surface area contributed by atoms with E-state index < -0.39 is 9.84 Å². The fraction of sp³-hybridized carbons (Fsp3) is 0.0588. The van der Waals surface area contributed by atoms with Gasteiger partial charge in [0.15, 0.2) is 16.1 Å². The van der Waals surface area contributed by atoms with E-state index in [4.69, 9.17) is 11.6 Å². The van der Waals surface area contributed by atoms with Crippen LogP contribution in [0.1, 0.15) is 10.4 Å². The van der Waals surface area contributed by atoms with Crippen molar-refractivity contribution in [3.8, 4) is 16.9 Å². The molecule has 0 unspecified atom stereocenters. The molecule has 7 heteroatoms. The number of carbonyl (C=O) groups excluding carboxylic acids is 1. The van der Waals surface area contributed by atoms with Crippen LogP contribution in [0.5, 0.6) is 0 Å². The SMILES string of the molecule is CS(=O)(=O)c1ccc(-c2nn(-c3ccccc3Cl)cc2C=O)cc1. The van der Waals surface area contributed by atoms with E-state index in [1.807, 2.05) is 6.07 Å². The normalized spacial score (nSPS) is 11.4. The summed E-state index contributed by atoms with van der Waals surface area (Å²) in [6, 6.07) is 13.4. The highest BCUT2D eigenvalue weighted by Gasteiger charge is 2.14. The summed E-state index contributed by atoms with van der Waals surface area (Å²) in [4.78, 5) is 11.6. The molecule has 5 nitrogen and oxygen atoms in total. The minimum Gasteiger partial charge on any atom is -0.298 e. The minimum absolute atomic E-state index is 0.212. The Kier molecular flexibility index (Phi) is 4.26. The Morgan fingerprint density at radius 3 is 2.33 bits per heavy atom. The van der Waals surface area contributed by atoms with E-state index in [9.17, 15) is 13.2 Å². The highest BCUT2D eigenvalue weighted by molar-refractivity contribution is 7.90. The molecule has 0 fully saturated rings. The molecule has 1 heterocycles. The number of aldehydes is 1. The maximum atomic E-state index is 11.5. The monoisotopic (exact) mass is 360 g/mol. The Bertz CT molecular complexity index is 1010. The van der Waals surface area contributed by atoms with Crippen LogP contribution in [0, 0.1) is 0 Å². The van der Waals surface area contributed by atoms with Crippen LogP contribution in [0.4, 0.5) is 0 Å². The molecule has 0 aliphatic rings. The Hall–Kier alpha value is -2.44. The van der Waals surface area contributed by atoms with E-state index in [0.29, 0.717) is 33.8 Å². The summed E-state index contributed by atoms with van der Waals surface area (Å²) in [5, 5.41) is 4.94. The van der Waals surface area contributed by atoms with E-state index >= 15 is 0 Å².